The predicted molar refractivity (Wildman–Crippen MR) is 90.2 cm³/mol. The summed E-state index contributed by atoms with van der Waals surface area (Å²) in [6, 6.07) is 12.4. The van der Waals surface area contributed by atoms with Gasteiger partial charge in [0.15, 0.2) is 0 Å². The molecule has 1 heterocycles. The largest absolute Gasteiger partial charge is 0.508 e. The smallest absolute Gasteiger partial charge is 0.349 e. The summed E-state index contributed by atoms with van der Waals surface area (Å²) >= 11 is 0. The van der Waals surface area contributed by atoms with Crippen LogP contribution in [0.3, 0.4) is 0 Å². The number of hydrogen-bond acceptors (Lipinski definition) is 5. The van der Waals surface area contributed by atoms with Crippen LogP contribution in [0.4, 0.5) is 5.69 Å². The molecule has 6 heteroatoms. The van der Waals surface area contributed by atoms with Gasteiger partial charge in [-0.1, -0.05) is 24.8 Å². The number of nitrogens with one attached hydrogen (secondary N) is 1. The standard InChI is InChI=1S/C18H13NO5/c1-10(20)13-7-6-12(9-15(13)21)19-17(22)14-8-11-4-2-3-5-16(11)24-18(14)23/h2-9,20-21H,1H2,(H,19,22). The summed E-state index contributed by atoms with van der Waals surface area (Å²) in [5.74, 6) is -1.20. The predicted octanol–water partition coefficient (Wildman–Crippen LogP) is 3.28. The molecule has 3 N–H and O–H groups in total. The van der Waals surface area contributed by atoms with Crippen molar-refractivity contribution in [3.8, 4) is 5.75 Å². The summed E-state index contributed by atoms with van der Waals surface area (Å²) in [6.45, 7) is 3.32. The molecule has 1 aromatic heterocycles. The molecule has 0 aliphatic heterocycles. The maximum atomic E-state index is 12.3. The maximum Gasteiger partial charge on any atom is 0.349 e. The highest BCUT2D eigenvalue weighted by Crippen LogP contribution is 2.26. The normalized spacial score (nSPS) is 10.5. The number of anilines is 1. The molecule has 0 aliphatic carbocycles. The van der Waals surface area contributed by atoms with Crippen LogP contribution in [0.5, 0.6) is 5.75 Å². The summed E-state index contributed by atoms with van der Waals surface area (Å²) in [5.41, 5.74) is -0.101. The number of fused-ring (bicyclic) bond motifs is 1. The zero-order valence-corrected chi connectivity index (χ0v) is 12.4. The van der Waals surface area contributed by atoms with Crippen LogP contribution in [-0.4, -0.2) is 16.1 Å². The van der Waals surface area contributed by atoms with Gasteiger partial charge in [-0.15, -0.1) is 0 Å². The molecular formula is C18H13NO5. The van der Waals surface area contributed by atoms with E-state index in [0.29, 0.717) is 11.0 Å². The molecule has 3 rings (SSSR count). The van der Waals surface area contributed by atoms with E-state index in [1.165, 1.54) is 24.3 Å². The Morgan fingerprint density at radius 1 is 1.08 bits per heavy atom. The Bertz CT molecular complexity index is 1020. The van der Waals surface area contributed by atoms with Gasteiger partial charge in [0.05, 0.1) is 5.56 Å². The number of phenols is 1. The monoisotopic (exact) mass is 323 g/mol. The van der Waals surface area contributed by atoms with Gasteiger partial charge >= 0.3 is 5.63 Å². The van der Waals surface area contributed by atoms with Gasteiger partial charge < -0.3 is 19.9 Å². The summed E-state index contributed by atoms with van der Waals surface area (Å²) in [7, 11) is 0. The Morgan fingerprint density at radius 3 is 2.54 bits per heavy atom. The number of rotatable bonds is 3. The van der Waals surface area contributed by atoms with E-state index in [0.717, 1.165) is 0 Å². The van der Waals surface area contributed by atoms with E-state index in [4.69, 9.17) is 4.42 Å². The highest BCUT2D eigenvalue weighted by molar-refractivity contribution is 6.05. The molecule has 0 aliphatic rings. The van der Waals surface area contributed by atoms with Crippen LogP contribution < -0.4 is 10.9 Å². The first-order chi connectivity index (χ1) is 11.5. The summed E-state index contributed by atoms with van der Waals surface area (Å²) in [6.07, 6.45) is 0. The molecule has 6 nitrogen and oxygen atoms in total. The quantitative estimate of drug-likeness (QED) is 0.507. The Hall–Kier alpha value is -3.54. The minimum atomic E-state index is -0.754. The molecule has 2 aromatic carbocycles. The van der Waals surface area contributed by atoms with Gasteiger partial charge in [-0.25, -0.2) is 4.79 Å². The SMILES string of the molecule is C=C(O)c1ccc(NC(=O)c2cc3ccccc3oc2=O)cc1O. The summed E-state index contributed by atoms with van der Waals surface area (Å²) in [5, 5.41) is 22.2. The van der Waals surface area contributed by atoms with E-state index in [2.05, 4.69) is 11.9 Å². The fourth-order valence-electron chi connectivity index (χ4n) is 2.27. The van der Waals surface area contributed by atoms with Crippen molar-refractivity contribution in [1.29, 1.82) is 0 Å². The van der Waals surface area contributed by atoms with Gasteiger partial charge in [-0.05, 0) is 24.3 Å². The number of carbonyl (C=O) groups is 1. The van der Waals surface area contributed by atoms with Crippen molar-refractivity contribution in [2.75, 3.05) is 5.32 Å². The summed E-state index contributed by atoms with van der Waals surface area (Å²) < 4.78 is 5.12. The lowest BCUT2D eigenvalue weighted by atomic mass is 10.1. The van der Waals surface area contributed by atoms with Crippen LogP contribution in [0.25, 0.3) is 16.7 Å². The minimum Gasteiger partial charge on any atom is -0.508 e. The molecule has 24 heavy (non-hydrogen) atoms. The Morgan fingerprint density at radius 2 is 1.83 bits per heavy atom. The first kappa shape index (κ1) is 15.4. The van der Waals surface area contributed by atoms with E-state index in [1.807, 2.05) is 0 Å². The number of amides is 1. The topological polar surface area (TPSA) is 99.8 Å². The molecular weight excluding hydrogens is 310 g/mol. The average molecular weight is 323 g/mol. The lowest BCUT2D eigenvalue weighted by Gasteiger charge is -2.08. The second-order valence-electron chi connectivity index (χ2n) is 5.12. The number of aliphatic hydroxyl groups is 1. The third-order valence-electron chi connectivity index (χ3n) is 3.45. The number of carbonyl (C=O) groups excluding carboxylic acids is 1. The van der Waals surface area contributed by atoms with Gasteiger partial charge in [0.1, 0.15) is 22.7 Å². The first-order valence-electron chi connectivity index (χ1n) is 7.01. The van der Waals surface area contributed by atoms with E-state index >= 15 is 0 Å². The molecule has 0 saturated carbocycles. The molecule has 0 radical (unpaired) electrons. The number of benzene rings is 2. The number of aromatic hydroxyl groups is 1. The first-order valence-corrected chi connectivity index (χ1v) is 7.01. The fraction of sp³-hybridized carbons (Fsp3) is 0. The van der Waals surface area contributed by atoms with Gasteiger partial charge in [-0.3, -0.25) is 4.79 Å². The molecule has 1 amide bonds. The van der Waals surface area contributed by atoms with E-state index in [1.54, 1.807) is 24.3 Å². The number of aliphatic hydroxyl groups excluding tert-OH is 1. The van der Waals surface area contributed by atoms with Crippen LogP contribution in [0, 0.1) is 0 Å². The average Bonchev–Trinajstić information content (AvgIpc) is 2.53. The van der Waals surface area contributed by atoms with Crippen LogP contribution in [0.15, 0.2) is 64.3 Å². The van der Waals surface area contributed by atoms with Crippen molar-refractivity contribution in [2.24, 2.45) is 0 Å². The van der Waals surface area contributed by atoms with E-state index < -0.39 is 11.5 Å². The zero-order valence-electron chi connectivity index (χ0n) is 12.4. The lowest BCUT2D eigenvalue weighted by molar-refractivity contribution is 0.102. The molecule has 0 fully saturated rings. The van der Waals surface area contributed by atoms with E-state index in [9.17, 15) is 19.8 Å². The molecule has 0 bridgehead atoms. The molecule has 3 aromatic rings. The molecule has 0 atom stereocenters. The van der Waals surface area contributed by atoms with Crippen molar-refractivity contribution in [1.82, 2.24) is 0 Å². The molecule has 0 unspecified atom stereocenters. The van der Waals surface area contributed by atoms with Crippen LogP contribution in [0.2, 0.25) is 0 Å². The van der Waals surface area contributed by atoms with Crippen molar-refractivity contribution in [3.05, 3.63) is 76.7 Å². The fourth-order valence-corrected chi connectivity index (χ4v) is 2.27. The Kier molecular flexibility index (Phi) is 3.79. The second-order valence-corrected chi connectivity index (χ2v) is 5.12. The lowest BCUT2D eigenvalue weighted by Crippen LogP contribution is -2.20. The van der Waals surface area contributed by atoms with Gasteiger partial charge in [0.2, 0.25) is 0 Å². The molecule has 0 saturated heterocycles. The van der Waals surface area contributed by atoms with Gasteiger partial charge in [0, 0.05) is 17.1 Å². The zero-order chi connectivity index (χ0) is 17.3. The highest BCUT2D eigenvalue weighted by Gasteiger charge is 2.15. The maximum absolute atomic E-state index is 12.3. The van der Waals surface area contributed by atoms with Crippen molar-refractivity contribution < 1.29 is 19.4 Å². The Balaban J connectivity index is 1.93. The van der Waals surface area contributed by atoms with Crippen molar-refractivity contribution in [2.45, 2.75) is 0 Å². The summed E-state index contributed by atoms with van der Waals surface area (Å²) in [4.78, 5) is 24.2. The van der Waals surface area contributed by atoms with Gasteiger partial charge in [0.25, 0.3) is 5.91 Å². The number of phenolic OH excluding ortho intramolecular Hbond substituents is 1. The Labute approximate surface area is 136 Å². The van der Waals surface area contributed by atoms with Crippen LogP contribution >= 0.6 is 0 Å². The third kappa shape index (κ3) is 2.85. The second kappa shape index (κ2) is 5.92. The third-order valence-corrected chi connectivity index (χ3v) is 3.45. The van der Waals surface area contributed by atoms with Crippen LogP contribution in [0.1, 0.15) is 15.9 Å². The highest BCUT2D eigenvalue weighted by atomic mass is 16.4. The minimum absolute atomic E-state index is 0.149. The van der Waals surface area contributed by atoms with E-state index in [-0.39, 0.29) is 28.3 Å². The molecule has 120 valence electrons. The van der Waals surface area contributed by atoms with Crippen molar-refractivity contribution in [3.63, 3.8) is 0 Å². The molecule has 0 spiro atoms. The van der Waals surface area contributed by atoms with Crippen LogP contribution in [-0.2, 0) is 0 Å². The van der Waals surface area contributed by atoms with Gasteiger partial charge in [-0.2, -0.15) is 0 Å². The van der Waals surface area contributed by atoms with Crippen molar-refractivity contribution >= 4 is 28.3 Å². The number of para-hydroxylation sites is 1. The number of hydrogen-bond donors (Lipinski definition) is 3.